The first-order valence-electron chi connectivity index (χ1n) is 11.4. The van der Waals surface area contributed by atoms with Crippen LogP contribution in [-0.2, 0) is 17.8 Å². The van der Waals surface area contributed by atoms with Crippen LogP contribution in [0.4, 0.5) is 4.39 Å². The first-order valence-corrected chi connectivity index (χ1v) is 11.4. The zero-order chi connectivity index (χ0) is 23.3. The first kappa shape index (κ1) is 22.1. The molecule has 3 aromatic carbocycles. The molecule has 1 aliphatic heterocycles. The second-order valence-electron chi connectivity index (χ2n) is 8.59. The van der Waals surface area contributed by atoms with E-state index in [4.69, 9.17) is 9.47 Å². The molecule has 0 spiro atoms. The predicted octanol–water partition coefficient (Wildman–Crippen LogP) is 4.61. The number of ether oxygens (including phenoxy) is 2. The molecule has 1 atom stereocenters. The minimum absolute atomic E-state index is 0.0377. The SMILES string of the molecule is O=C(c1cccc(OCc2ccc(F)cc2)c1)N1CCOCC(Cc2cccc3[nH]ncc23)C1. The fraction of sp³-hybridized carbons (Fsp3) is 0.259. The van der Waals surface area contributed by atoms with Crippen LogP contribution in [0.3, 0.4) is 0 Å². The van der Waals surface area contributed by atoms with Gasteiger partial charge in [-0.1, -0.05) is 30.3 Å². The Kier molecular flexibility index (Phi) is 6.53. The number of carbonyl (C=O) groups is 1. The summed E-state index contributed by atoms with van der Waals surface area (Å²) < 4.78 is 24.8. The number of amides is 1. The van der Waals surface area contributed by atoms with Crippen molar-refractivity contribution in [2.45, 2.75) is 13.0 Å². The Morgan fingerprint density at radius 3 is 2.88 bits per heavy atom. The van der Waals surface area contributed by atoms with Crippen LogP contribution in [0.25, 0.3) is 10.9 Å². The van der Waals surface area contributed by atoms with Gasteiger partial charge in [-0.15, -0.1) is 0 Å². The topological polar surface area (TPSA) is 67.4 Å². The van der Waals surface area contributed by atoms with Crippen molar-refractivity contribution in [2.75, 3.05) is 26.3 Å². The summed E-state index contributed by atoms with van der Waals surface area (Å²) in [6.07, 6.45) is 2.66. The highest BCUT2D eigenvalue weighted by Gasteiger charge is 2.24. The molecule has 1 aliphatic rings. The molecule has 1 fully saturated rings. The van der Waals surface area contributed by atoms with Crippen LogP contribution in [0.2, 0.25) is 0 Å². The molecule has 7 heteroatoms. The lowest BCUT2D eigenvalue weighted by molar-refractivity contribution is 0.0737. The highest BCUT2D eigenvalue weighted by atomic mass is 19.1. The fourth-order valence-electron chi connectivity index (χ4n) is 4.36. The highest BCUT2D eigenvalue weighted by Crippen LogP contribution is 2.23. The molecule has 2 heterocycles. The van der Waals surface area contributed by atoms with Crippen LogP contribution < -0.4 is 4.74 Å². The zero-order valence-electron chi connectivity index (χ0n) is 18.7. The Morgan fingerprint density at radius 2 is 2.00 bits per heavy atom. The number of H-pyrrole nitrogens is 1. The molecule has 0 bridgehead atoms. The van der Waals surface area contributed by atoms with Crippen molar-refractivity contribution >= 4 is 16.8 Å². The molecular formula is C27H26FN3O3. The number of hydrogen-bond acceptors (Lipinski definition) is 4. The van der Waals surface area contributed by atoms with Crippen molar-refractivity contribution in [3.05, 3.63) is 95.4 Å². The van der Waals surface area contributed by atoms with Gasteiger partial charge in [0.1, 0.15) is 18.2 Å². The van der Waals surface area contributed by atoms with Crippen molar-refractivity contribution in [3.8, 4) is 5.75 Å². The summed E-state index contributed by atoms with van der Waals surface area (Å²) in [5.74, 6) is 0.469. The van der Waals surface area contributed by atoms with E-state index in [1.54, 1.807) is 24.3 Å². The molecule has 0 saturated carbocycles. The van der Waals surface area contributed by atoms with Gasteiger partial charge in [-0.3, -0.25) is 9.89 Å². The quantitative estimate of drug-likeness (QED) is 0.457. The monoisotopic (exact) mass is 459 g/mol. The van der Waals surface area contributed by atoms with Crippen molar-refractivity contribution in [2.24, 2.45) is 5.92 Å². The van der Waals surface area contributed by atoms with Crippen LogP contribution in [0.15, 0.2) is 72.9 Å². The van der Waals surface area contributed by atoms with Gasteiger partial charge in [0, 0.05) is 30.0 Å². The van der Waals surface area contributed by atoms with Crippen LogP contribution >= 0.6 is 0 Å². The summed E-state index contributed by atoms with van der Waals surface area (Å²) in [6.45, 7) is 2.59. The van der Waals surface area contributed by atoms with Gasteiger partial charge in [-0.25, -0.2) is 4.39 Å². The molecule has 0 aliphatic carbocycles. The fourth-order valence-corrected chi connectivity index (χ4v) is 4.36. The van der Waals surface area contributed by atoms with Gasteiger partial charge in [0.2, 0.25) is 0 Å². The molecular weight excluding hydrogens is 433 g/mol. The Hall–Kier alpha value is -3.71. The molecule has 0 radical (unpaired) electrons. The lowest BCUT2D eigenvalue weighted by Crippen LogP contribution is -2.36. The number of nitrogens with zero attached hydrogens (tertiary/aromatic N) is 2. The summed E-state index contributed by atoms with van der Waals surface area (Å²) in [5.41, 5.74) is 3.65. The van der Waals surface area contributed by atoms with E-state index >= 15 is 0 Å². The van der Waals surface area contributed by atoms with Crippen LogP contribution in [0, 0.1) is 11.7 Å². The summed E-state index contributed by atoms with van der Waals surface area (Å²) in [6, 6.07) is 19.5. The predicted molar refractivity (Wildman–Crippen MR) is 127 cm³/mol. The molecule has 5 rings (SSSR count). The van der Waals surface area contributed by atoms with Gasteiger partial charge in [0.25, 0.3) is 5.91 Å². The van der Waals surface area contributed by atoms with Crippen molar-refractivity contribution in [1.82, 2.24) is 15.1 Å². The number of aromatic amines is 1. The van der Waals surface area contributed by atoms with Gasteiger partial charge < -0.3 is 14.4 Å². The number of carbonyl (C=O) groups excluding carboxylic acids is 1. The molecule has 6 nitrogen and oxygen atoms in total. The van der Waals surface area contributed by atoms with Crippen LogP contribution in [0.1, 0.15) is 21.5 Å². The largest absolute Gasteiger partial charge is 0.489 e. The van der Waals surface area contributed by atoms with Crippen molar-refractivity contribution in [3.63, 3.8) is 0 Å². The summed E-state index contributed by atoms with van der Waals surface area (Å²) in [4.78, 5) is 15.2. The molecule has 1 amide bonds. The van der Waals surface area contributed by atoms with Crippen molar-refractivity contribution in [1.29, 1.82) is 0 Å². The standard InChI is InChI=1S/C27H26FN3O3/c28-23-9-7-19(8-10-23)18-34-24-5-1-4-22(14-24)27(32)31-11-12-33-17-20(16-31)13-21-3-2-6-26-25(21)15-29-30-26/h1-10,14-15,20H,11-13,16-18H2,(H,29,30). The third kappa shape index (κ3) is 5.10. The number of halogens is 1. The van der Waals surface area contributed by atoms with E-state index in [-0.39, 0.29) is 17.6 Å². The number of hydrogen-bond donors (Lipinski definition) is 1. The minimum atomic E-state index is -0.280. The third-order valence-electron chi connectivity index (χ3n) is 6.11. The molecule has 1 aromatic heterocycles. The first-order chi connectivity index (χ1) is 16.7. The lowest BCUT2D eigenvalue weighted by Gasteiger charge is -2.24. The Morgan fingerprint density at radius 1 is 1.15 bits per heavy atom. The van der Waals surface area contributed by atoms with Gasteiger partial charge in [-0.2, -0.15) is 5.10 Å². The smallest absolute Gasteiger partial charge is 0.254 e. The van der Waals surface area contributed by atoms with E-state index in [0.29, 0.717) is 44.2 Å². The molecule has 34 heavy (non-hydrogen) atoms. The zero-order valence-corrected chi connectivity index (χ0v) is 18.7. The number of benzene rings is 3. The maximum absolute atomic E-state index is 13.3. The summed E-state index contributed by atoms with van der Waals surface area (Å²) in [5, 5.41) is 8.27. The second kappa shape index (κ2) is 10.1. The van der Waals surface area contributed by atoms with Gasteiger partial charge in [-0.05, 0) is 53.9 Å². The highest BCUT2D eigenvalue weighted by molar-refractivity contribution is 5.94. The van der Waals surface area contributed by atoms with E-state index in [9.17, 15) is 9.18 Å². The number of fused-ring (bicyclic) bond motifs is 1. The van der Waals surface area contributed by atoms with Crippen LogP contribution in [-0.4, -0.2) is 47.3 Å². The number of rotatable bonds is 6. The lowest BCUT2D eigenvalue weighted by atomic mass is 9.97. The Balaban J connectivity index is 1.26. The maximum atomic E-state index is 13.3. The molecule has 174 valence electrons. The van der Waals surface area contributed by atoms with Gasteiger partial charge in [0.15, 0.2) is 0 Å². The maximum Gasteiger partial charge on any atom is 0.254 e. The minimum Gasteiger partial charge on any atom is -0.489 e. The van der Waals surface area contributed by atoms with E-state index in [2.05, 4.69) is 16.3 Å². The van der Waals surface area contributed by atoms with Gasteiger partial charge >= 0.3 is 0 Å². The van der Waals surface area contributed by atoms with E-state index < -0.39 is 0 Å². The molecule has 1 unspecified atom stereocenters. The molecule has 4 aromatic rings. The van der Waals surface area contributed by atoms with E-state index in [1.807, 2.05) is 35.4 Å². The average Bonchev–Trinajstić information content (AvgIpc) is 3.23. The summed E-state index contributed by atoms with van der Waals surface area (Å²) >= 11 is 0. The second-order valence-corrected chi connectivity index (χ2v) is 8.59. The molecule has 1 saturated heterocycles. The average molecular weight is 460 g/mol. The van der Waals surface area contributed by atoms with E-state index in [1.165, 1.54) is 17.7 Å². The Labute approximate surface area is 197 Å². The number of aromatic nitrogens is 2. The molecule has 1 N–H and O–H groups in total. The Bertz CT molecular complexity index is 1270. The third-order valence-corrected chi connectivity index (χ3v) is 6.11. The van der Waals surface area contributed by atoms with Gasteiger partial charge in [0.05, 0.1) is 24.9 Å². The summed E-state index contributed by atoms with van der Waals surface area (Å²) in [7, 11) is 0. The number of nitrogens with one attached hydrogen (secondary N) is 1. The van der Waals surface area contributed by atoms with Crippen LogP contribution in [0.5, 0.6) is 5.75 Å². The van der Waals surface area contributed by atoms with E-state index in [0.717, 1.165) is 22.9 Å². The normalized spacial score (nSPS) is 16.4. The van der Waals surface area contributed by atoms with Crippen molar-refractivity contribution < 1.29 is 18.7 Å².